The molecule has 2 aliphatic rings. The van der Waals surface area contributed by atoms with Crippen molar-refractivity contribution in [3.05, 3.63) is 58.1 Å². The highest BCUT2D eigenvalue weighted by molar-refractivity contribution is 7.90. The molecule has 2 fully saturated rings. The van der Waals surface area contributed by atoms with Gasteiger partial charge in [-0.25, -0.2) is 17.9 Å². The van der Waals surface area contributed by atoms with Crippen LogP contribution in [0, 0.1) is 6.92 Å². The van der Waals surface area contributed by atoms with Gasteiger partial charge in [0.05, 0.1) is 14.9 Å². The monoisotopic (exact) mass is 525 g/mol. The summed E-state index contributed by atoms with van der Waals surface area (Å²) in [5.74, 6) is 0.776. The lowest BCUT2D eigenvalue weighted by atomic mass is 9.99. The van der Waals surface area contributed by atoms with Gasteiger partial charge in [-0.2, -0.15) is 0 Å². The van der Waals surface area contributed by atoms with Crippen molar-refractivity contribution in [2.75, 3.05) is 26.2 Å². The average molecular weight is 526 g/mol. The van der Waals surface area contributed by atoms with E-state index in [9.17, 15) is 13.2 Å². The molecule has 2 aromatic carbocycles. The Morgan fingerprint density at radius 2 is 1.62 bits per heavy atom. The van der Waals surface area contributed by atoms with Crippen molar-refractivity contribution in [1.82, 2.24) is 14.5 Å². The summed E-state index contributed by atoms with van der Waals surface area (Å²) < 4.78 is 33.2. The van der Waals surface area contributed by atoms with E-state index in [1.807, 2.05) is 13.0 Å². The number of amides is 2. The number of halogens is 2. The normalized spacial score (nSPS) is 18.6. The number of nitrogens with one attached hydrogen (secondary N) is 1. The van der Waals surface area contributed by atoms with Gasteiger partial charge >= 0.3 is 6.03 Å². The summed E-state index contributed by atoms with van der Waals surface area (Å²) in [6.07, 6.45) is 3.58. The van der Waals surface area contributed by atoms with Crippen molar-refractivity contribution in [3.8, 4) is 5.75 Å². The van der Waals surface area contributed by atoms with Crippen LogP contribution in [0.5, 0.6) is 5.75 Å². The van der Waals surface area contributed by atoms with E-state index >= 15 is 0 Å². The van der Waals surface area contributed by atoms with Crippen molar-refractivity contribution < 1.29 is 17.9 Å². The number of piperidine rings is 2. The molecule has 0 unspecified atom stereocenters. The molecule has 0 aliphatic carbocycles. The molecule has 2 heterocycles. The molecular formula is C24H29Cl2N3O4S. The topological polar surface area (TPSA) is 79.0 Å². The van der Waals surface area contributed by atoms with Crippen LogP contribution < -0.4 is 9.46 Å². The number of rotatable bonds is 5. The lowest BCUT2D eigenvalue weighted by Gasteiger charge is -2.41. The van der Waals surface area contributed by atoms with Crippen LogP contribution in [-0.4, -0.2) is 62.6 Å². The van der Waals surface area contributed by atoms with Crippen LogP contribution in [0.3, 0.4) is 0 Å². The zero-order chi connectivity index (χ0) is 24.3. The Balaban J connectivity index is 1.24. The highest BCUT2D eigenvalue weighted by Crippen LogP contribution is 2.34. The molecule has 34 heavy (non-hydrogen) atoms. The maximum absolute atomic E-state index is 12.5. The van der Waals surface area contributed by atoms with Crippen LogP contribution in [-0.2, 0) is 10.0 Å². The molecule has 0 spiro atoms. The largest absolute Gasteiger partial charge is 0.490 e. The molecule has 0 radical (unpaired) electrons. The quantitative estimate of drug-likeness (QED) is 0.611. The van der Waals surface area contributed by atoms with Crippen LogP contribution >= 0.6 is 23.2 Å². The Morgan fingerprint density at radius 1 is 0.971 bits per heavy atom. The predicted molar refractivity (Wildman–Crippen MR) is 133 cm³/mol. The van der Waals surface area contributed by atoms with E-state index in [0.717, 1.165) is 50.1 Å². The van der Waals surface area contributed by atoms with E-state index < -0.39 is 16.1 Å². The van der Waals surface area contributed by atoms with Gasteiger partial charge in [0.2, 0.25) is 0 Å². The molecule has 184 valence electrons. The molecule has 0 saturated carbocycles. The smallest absolute Gasteiger partial charge is 0.331 e. The van der Waals surface area contributed by atoms with Crippen LogP contribution in [0.25, 0.3) is 0 Å². The fourth-order valence-electron chi connectivity index (χ4n) is 4.57. The molecule has 0 atom stereocenters. The number of urea groups is 1. The standard InChI is InChI=1S/C24H29Cl2N3O4S/c1-17-22(8-7-21(25)23(17)26)33-19-11-15-28(16-12-19)18-9-13-29(14-10-18)24(30)27-34(31,32)20-5-3-2-4-6-20/h2-8,18-19H,9-16H2,1H3,(H,27,30). The van der Waals surface area contributed by atoms with Gasteiger partial charge in [-0.05, 0) is 56.9 Å². The molecule has 0 aromatic heterocycles. The first kappa shape index (κ1) is 25.1. The second kappa shape index (κ2) is 10.7. The number of sulfonamides is 1. The van der Waals surface area contributed by atoms with Gasteiger partial charge in [0, 0.05) is 37.8 Å². The minimum Gasteiger partial charge on any atom is -0.490 e. The van der Waals surface area contributed by atoms with E-state index in [0.29, 0.717) is 29.2 Å². The predicted octanol–water partition coefficient (Wildman–Crippen LogP) is 4.71. The summed E-state index contributed by atoms with van der Waals surface area (Å²) in [6, 6.07) is 11.4. The second-order valence-electron chi connectivity index (χ2n) is 8.78. The molecule has 4 rings (SSSR count). The van der Waals surface area contributed by atoms with E-state index in [4.69, 9.17) is 27.9 Å². The number of ether oxygens (including phenoxy) is 1. The van der Waals surface area contributed by atoms with Crippen LogP contribution in [0.1, 0.15) is 31.2 Å². The minimum absolute atomic E-state index is 0.0828. The Labute approximate surface area is 211 Å². The number of hydrogen-bond acceptors (Lipinski definition) is 5. The van der Waals surface area contributed by atoms with Crippen molar-refractivity contribution in [2.24, 2.45) is 0 Å². The third kappa shape index (κ3) is 5.79. The minimum atomic E-state index is -3.86. The average Bonchev–Trinajstić information content (AvgIpc) is 2.85. The summed E-state index contributed by atoms with van der Waals surface area (Å²) in [7, 11) is -3.86. The lowest BCUT2D eigenvalue weighted by Crippen LogP contribution is -2.52. The molecule has 2 aliphatic heterocycles. The number of benzene rings is 2. The van der Waals surface area contributed by atoms with E-state index in [2.05, 4.69) is 9.62 Å². The van der Waals surface area contributed by atoms with Crippen molar-refractivity contribution in [1.29, 1.82) is 0 Å². The highest BCUT2D eigenvalue weighted by atomic mass is 35.5. The Hall–Kier alpha value is -2.00. The van der Waals surface area contributed by atoms with Gasteiger partial charge < -0.3 is 9.64 Å². The maximum atomic E-state index is 12.5. The molecule has 2 saturated heterocycles. The summed E-state index contributed by atoms with van der Waals surface area (Å²) >= 11 is 12.3. The fraction of sp³-hybridized carbons (Fsp3) is 0.458. The molecule has 0 bridgehead atoms. The van der Waals surface area contributed by atoms with E-state index in [1.54, 1.807) is 29.2 Å². The van der Waals surface area contributed by atoms with Gasteiger partial charge in [-0.1, -0.05) is 41.4 Å². The third-order valence-electron chi connectivity index (χ3n) is 6.60. The second-order valence-corrected chi connectivity index (χ2v) is 11.2. The third-order valence-corrected chi connectivity index (χ3v) is 8.84. The summed E-state index contributed by atoms with van der Waals surface area (Å²) in [5.41, 5.74) is 0.858. The summed E-state index contributed by atoms with van der Waals surface area (Å²) in [4.78, 5) is 16.7. The van der Waals surface area contributed by atoms with Gasteiger partial charge in [-0.15, -0.1) is 0 Å². The van der Waals surface area contributed by atoms with Crippen LogP contribution in [0.2, 0.25) is 10.0 Å². The zero-order valence-electron chi connectivity index (χ0n) is 19.0. The molecule has 2 aromatic rings. The molecular weight excluding hydrogens is 497 g/mol. The Kier molecular flexibility index (Phi) is 7.92. The number of carbonyl (C=O) groups is 1. The zero-order valence-corrected chi connectivity index (χ0v) is 21.4. The summed E-state index contributed by atoms with van der Waals surface area (Å²) in [5, 5.41) is 1.06. The first-order valence-corrected chi connectivity index (χ1v) is 13.7. The number of likely N-dealkylation sites (tertiary alicyclic amines) is 2. The maximum Gasteiger partial charge on any atom is 0.331 e. The Bertz CT molecular complexity index is 1110. The first-order valence-electron chi connectivity index (χ1n) is 11.5. The SMILES string of the molecule is Cc1c(OC2CCN(C3CCN(C(=O)NS(=O)(=O)c4ccccc4)CC3)CC2)ccc(Cl)c1Cl. The van der Waals surface area contributed by atoms with E-state index in [-0.39, 0.29) is 11.0 Å². The number of carbonyl (C=O) groups excluding carboxylic acids is 1. The van der Waals surface area contributed by atoms with Gasteiger partial charge in [0.25, 0.3) is 10.0 Å². The van der Waals surface area contributed by atoms with Crippen LogP contribution in [0.4, 0.5) is 4.79 Å². The van der Waals surface area contributed by atoms with Gasteiger partial charge in [0.15, 0.2) is 0 Å². The molecule has 2 amide bonds. The van der Waals surface area contributed by atoms with Crippen LogP contribution in [0.15, 0.2) is 47.4 Å². The van der Waals surface area contributed by atoms with Gasteiger partial charge in [-0.3, -0.25) is 4.90 Å². The van der Waals surface area contributed by atoms with E-state index in [1.165, 1.54) is 12.1 Å². The highest BCUT2D eigenvalue weighted by Gasteiger charge is 2.31. The molecule has 10 heteroatoms. The first-order chi connectivity index (χ1) is 16.2. The number of nitrogens with zero attached hydrogens (tertiary/aromatic N) is 2. The summed E-state index contributed by atoms with van der Waals surface area (Å²) in [6.45, 7) is 4.81. The Morgan fingerprint density at radius 3 is 2.26 bits per heavy atom. The molecule has 1 N–H and O–H groups in total. The van der Waals surface area contributed by atoms with Crippen molar-refractivity contribution >= 4 is 39.3 Å². The lowest BCUT2D eigenvalue weighted by molar-refractivity contribution is 0.0537. The van der Waals surface area contributed by atoms with Crippen molar-refractivity contribution in [3.63, 3.8) is 0 Å². The fourth-order valence-corrected chi connectivity index (χ4v) is 5.93. The molecule has 7 nitrogen and oxygen atoms in total. The van der Waals surface area contributed by atoms with Crippen molar-refractivity contribution in [2.45, 2.75) is 49.6 Å². The van der Waals surface area contributed by atoms with Gasteiger partial charge in [0.1, 0.15) is 11.9 Å². The number of hydrogen-bond donors (Lipinski definition) is 1.